The van der Waals surface area contributed by atoms with E-state index in [1.165, 1.54) is 6.92 Å². The molecule has 0 aliphatic rings. The Balaban J connectivity index is 2.68. The summed E-state index contributed by atoms with van der Waals surface area (Å²) in [6, 6.07) is 0.696. The highest BCUT2D eigenvalue weighted by molar-refractivity contribution is 6.39. The summed E-state index contributed by atoms with van der Waals surface area (Å²) >= 11 is 0. The molecule has 2 atom stereocenters. The van der Waals surface area contributed by atoms with Crippen LogP contribution in [0.2, 0.25) is 0 Å². The Labute approximate surface area is 131 Å². The van der Waals surface area contributed by atoms with Crippen molar-refractivity contribution in [3.63, 3.8) is 0 Å². The molecular formula is C15H19F3N2O3. The van der Waals surface area contributed by atoms with Crippen LogP contribution in [0.25, 0.3) is 0 Å². The van der Waals surface area contributed by atoms with Gasteiger partial charge in [0.2, 0.25) is 0 Å². The summed E-state index contributed by atoms with van der Waals surface area (Å²) in [5.41, 5.74) is -1.88. The summed E-state index contributed by atoms with van der Waals surface area (Å²) in [6.45, 7) is 4.96. The third-order valence-corrected chi connectivity index (χ3v) is 3.75. The first-order valence-electron chi connectivity index (χ1n) is 7.04. The fraction of sp³-hybridized carbons (Fsp3) is 0.467. The summed E-state index contributed by atoms with van der Waals surface area (Å²) in [7, 11) is 0. The summed E-state index contributed by atoms with van der Waals surface area (Å²) in [5, 5.41) is 14.2. The van der Waals surface area contributed by atoms with E-state index in [4.69, 9.17) is 0 Å². The zero-order valence-electron chi connectivity index (χ0n) is 13.0. The third-order valence-electron chi connectivity index (χ3n) is 3.75. The summed E-state index contributed by atoms with van der Waals surface area (Å²) in [5.74, 6) is -6.49. The van der Waals surface area contributed by atoms with Gasteiger partial charge in [-0.05, 0) is 12.8 Å². The van der Waals surface area contributed by atoms with Gasteiger partial charge in [-0.1, -0.05) is 20.3 Å². The van der Waals surface area contributed by atoms with E-state index < -0.39 is 40.6 Å². The highest BCUT2D eigenvalue weighted by Crippen LogP contribution is 2.19. The van der Waals surface area contributed by atoms with Gasteiger partial charge in [-0.25, -0.2) is 13.2 Å². The standard InChI is InChI=1S/C15H19F3N2O3/c1-4-8(2)15(3,23)7-19-13(21)14(22)20-12-6-10(17)9(16)5-11(12)18/h5-6,8,23H,4,7H2,1-3H3,(H,19,21)(H,20,22)/t8-,15-/m0/s1. The zero-order chi connectivity index (χ0) is 17.8. The number of amides is 2. The molecule has 3 N–H and O–H groups in total. The van der Waals surface area contributed by atoms with E-state index in [0.29, 0.717) is 12.5 Å². The maximum Gasteiger partial charge on any atom is 0.313 e. The Kier molecular flexibility index (Phi) is 6.14. The van der Waals surface area contributed by atoms with E-state index in [-0.39, 0.29) is 18.5 Å². The van der Waals surface area contributed by atoms with E-state index in [9.17, 15) is 27.9 Å². The monoisotopic (exact) mass is 332 g/mol. The quantitative estimate of drug-likeness (QED) is 0.570. The third kappa shape index (κ3) is 4.95. The van der Waals surface area contributed by atoms with Crippen LogP contribution in [0.3, 0.4) is 0 Å². The molecule has 128 valence electrons. The van der Waals surface area contributed by atoms with Crippen LogP contribution < -0.4 is 10.6 Å². The van der Waals surface area contributed by atoms with Crippen LogP contribution in [0.1, 0.15) is 27.2 Å². The van der Waals surface area contributed by atoms with Crippen molar-refractivity contribution in [2.45, 2.75) is 32.8 Å². The lowest BCUT2D eigenvalue weighted by Gasteiger charge is -2.29. The van der Waals surface area contributed by atoms with E-state index in [2.05, 4.69) is 5.32 Å². The Bertz CT molecular complexity index is 606. The topological polar surface area (TPSA) is 78.4 Å². The molecule has 0 aromatic heterocycles. The van der Waals surface area contributed by atoms with Crippen molar-refractivity contribution in [3.8, 4) is 0 Å². The van der Waals surface area contributed by atoms with Crippen molar-refractivity contribution < 1.29 is 27.9 Å². The lowest BCUT2D eigenvalue weighted by molar-refractivity contribution is -0.137. The van der Waals surface area contributed by atoms with Crippen LogP contribution >= 0.6 is 0 Å². The van der Waals surface area contributed by atoms with Crippen LogP contribution in [-0.2, 0) is 9.59 Å². The molecule has 2 amide bonds. The maximum atomic E-state index is 13.4. The number of aliphatic hydroxyl groups is 1. The Morgan fingerprint density at radius 2 is 1.74 bits per heavy atom. The summed E-state index contributed by atoms with van der Waals surface area (Å²) in [4.78, 5) is 23.3. The minimum Gasteiger partial charge on any atom is -0.388 e. The minimum atomic E-state index is -1.41. The van der Waals surface area contributed by atoms with Gasteiger partial charge < -0.3 is 15.7 Å². The zero-order valence-corrected chi connectivity index (χ0v) is 13.0. The van der Waals surface area contributed by atoms with Gasteiger partial charge in [-0.15, -0.1) is 0 Å². The molecule has 5 nitrogen and oxygen atoms in total. The van der Waals surface area contributed by atoms with Gasteiger partial charge in [-0.2, -0.15) is 0 Å². The molecule has 0 unspecified atom stereocenters. The molecule has 8 heteroatoms. The van der Waals surface area contributed by atoms with Crippen LogP contribution in [-0.4, -0.2) is 29.1 Å². The summed E-state index contributed by atoms with van der Waals surface area (Å²) in [6.07, 6.45) is 0.662. The first kappa shape index (κ1) is 19.0. The number of anilines is 1. The second-order valence-corrected chi connectivity index (χ2v) is 5.55. The van der Waals surface area contributed by atoms with Crippen molar-refractivity contribution in [1.29, 1.82) is 0 Å². The van der Waals surface area contributed by atoms with E-state index >= 15 is 0 Å². The highest BCUT2D eigenvalue weighted by Gasteiger charge is 2.28. The van der Waals surface area contributed by atoms with Crippen molar-refractivity contribution >= 4 is 17.5 Å². The van der Waals surface area contributed by atoms with Gasteiger partial charge in [0, 0.05) is 18.7 Å². The van der Waals surface area contributed by atoms with Gasteiger partial charge in [0.1, 0.15) is 5.82 Å². The average Bonchev–Trinajstić information content (AvgIpc) is 2.49. The molecule has 0 aliphatic carbocycles. The van der Waals surface area contributed by atoms with Gasteiger partial charge >= 0.3 is 11.8 Å². The number of carbonyl (C=O) groups excluding carboxylic acids is 2. The predicted octanol–water partition coefficient (Wildman–Crippen LogP) is 1.96. The van der Waals surface area contributed by atoms with Gasteiger partial charge in [0.05, 0.1) is 11.3 Å². The molecule has 0 spiro atoms. The van der Waals surface area contributed by atoms with Crippen LogP contribution in [0.5, 0.6) is 0 Å². The molecule has 23 heavy (non-hydrogen) atoms. The number of hydrogen-bond donors (Lipinski definition) is 3. The lowest BCUT2D eigenvalue weighted by atomic mass is 9.89. The van der Waals surface area contributed by atoms with Crippen LogP contribution in [0.4, 0.5) is 18.9 Å². The first-order valence-corrected chi connectivity index (χ1v) is 7.04. The molecular weight excluding hydrogens is 313 g/mol. The number of nitrogens with one attached hydrogen (secondary N) is 2. The van der Waals surface area contributed by atoms with Crippen LogP contribution in [0.15, 0.2) is 12.1 Å². The fourth-order valence-corrected chi connectivity index (χ4v) is 1.75. The molecule has 0 bridgehead atoms. The van der Waals surface area contributed by atoms with Crippen molar-refractivity contribution in [3.05, 3.63) is 29.6 Å². The molecule has 1 aromatic rings. The van der Waals surface area contributed by atoms with Crippen LogP contribution in [0, 0.1) is 23.4 Å². The number of benzene rings is 1. The molecule has 0 heterocycles. The Morgan fingerprint density at radius 1 is 1.17 bits per heavy atom. The number of carbonyl (C=O) groups is 2. The van der Waals surface area contributed by atoms with E-state index in [1.807, 2.05) is 12.2 Å². The predicted molar refractivity (Wildman–Crippen MR) is 78.0 cm³/mol. The highest BCUT2D eigenvalue weighted by atomic mass is 19.2. The molecule has 1 rings (SSSR count). The largest absolute Gasteiger partial charge is 0.388 e. The average molecular weight is 332 g/mol. The molecule has 0 radical (unpaired) electrons. The van der Waals surface area contributed by atoms with E-state index in [0.717, 1.165) is 0 Å². The van der Waals surface area contributed by atoms with E-state index in [1.54, 1.807) is 6.92 Å². The van der Waals surface area contributed by atoms with Crippen molar-refractivity contribution in [2.75, 3.05) is 11.9 Å². The van der Waals surface area contributed by atoms with Gasteiger partial charge in [0.25, 0.3) is 0 Å². The molecule has 0 saturated carbocycles. The molecule has 0 saturated heterocycles. The summed E-state index contributed by atoms with van der Waals surface area (Å²) < 4.78 is 39.2. The number of rotatable bonds is 5. The number of halogens is 3. The Morgan fingerprint density at radius 3 is 2.30 bits per heavy atom. The lowest BCUT2D eigenvalue weighted by Crippen LogP contribution is -2.47. The van der Waals surface area contributed by atoms with Gasteiger partial charge in [-0.3, -0.25) is 9.59 Å². The van der Waals surface area contributed by atoms with Crippen molar-refractivity contribution in [2.24, 2.45) is 5.92 Å². The van der Waals surface area contributed by atoms with Gasteiger partial charge in [0.15, 0.2) is 11.6 Å². The molecule has 1 aromatic carbocycles. The number of hydrogen-bond acceptors (Lipinski definition) is 3. The second-order valence-electron chi connectivity index (χ2n) is 5.55. The first-order chi connectivity index (χ1) is 10.6. The maximum absolute atomic E-state index is 13.4. The molecule has 0 aliphatic heterocycles. The Hall–Kier alpha value is -2.09. The SMILES string of the molecule is CC[C@H](C)[C@@](C)(O)CNC(=O)C(=O)Nc1cc(F)c(F)cc1F. The minimum absolute atomic E-state index is 0.130. The smallest absolute Gasteiger partial charge is 0.313 e. The second kappa shape index (κ2) is 7.45. The normalized spacial score (nSPS) is 14.7. The fourth-order valence-electron chi connectivity index (χ4n) is 1.75. The van der Waals surface area contributed by atoms with Crippen molar-refractivity contribution in [1.82, 2.24) is 5.32 Å². The molecule has 0 fully saturated rings.